The van der Waals surface area contributed by atoms with Gasteiger partial charge in [-0.2, -0.15) is 0 Å². The summed E-state index contributed by atoms with van der Waals surface area (Å²) in [5.41, 5.74) is 2.99. The Balaban J connectivity index is 1.45. The second-order valence-electron chi connectivity index (χ2n) is 9.75. The van der Waals surface area contributed by atoms with Crippen molar-refractivity contribution in [3.05, 3.63) is 70.8 Å². The summed E-state index contributed by atoms with van der Waals surface area (Å²) in [6, 6.07) is 15.8. The normalized spacial score (nSPS) is 24.4. The van der Waals surface area contributed by atoms with Gasteiger partial charge < -0.3 is 10.2 Å². The topological polar surface area (TPSA) is 78.5 Å². The summed E-state index contributed by atoms with van der Waals surface area (Å²) in [5, 5.41) is 5.34. The van der Waals surface area contributed by atoms with Crippen molar-refractivity contribution in [2.75, 3.05) is 0 Å². The molecular formula is C27H31N3O3. The van der Waals surface area contributed by atoms with Crippen LogP contribution in [0.25, 0.3) is 0 Å². The highest BCUT2D eigenvalue weighted by atomic mass is 16.2. The van der Waals surface area contributed by atoms with E-state index in [4.69, 9.17) is 0 Å². The van der Waals surface area contributed by atoms with Crippen molar-refractivity contribution in [1.29, 1.82) is 0 Å². The van der Waals surface area contributed by atoms with Crippen LogP contribution < -0.4 is 10.6 Å². The molecule has 2 aliphatic carbocycles. The van der Waals surface area contributed by atoms with Gasteiger partial charge in [0.2, 0.25) is 5.91 Å². The van der Waals surface area contributed by atoms with Crippen molar-refractivity contribution in [2.24, 2.45) is 11.8 Å². The number of rotatable bonds is 7. The Hall–Kier alpha value is -3.15. The number of nitrogens with one attached hydrogen (secondary N) is 2. The molecule has 1 heterocycles. The third-order valence-electron chi connectivity index (χ3n) is 7.71. The van der Waals surface area contributed by atoms with E-state index < -0.39 is 11.6 Å². The van der Waals surface area contributed by atoms with Crippen molar-refractivity contribution in [3.8, 4) is 0 Å². The van der Waals surface area contributed by atoms with Gasteiger partial charge >= 0.3 is 6.03 Å². The van der Waals surface area contributed by atoms with Crippen molar-refractivity contribution in [3.63, 3.8) is 0 Å². The predicted molar refractivity (Wildman–Crippen MR) is 125 cm³/mol. The van der Waals surface area contributed by atoms with Crippen molar-refractivity contribution in [2.45, 2.75) is 64.1 Å². The fourth-order valence-electron chi connectivity index (χ4n) is 5.63. The Labute approximate surface area is 194 Å². The molecule has 1 aliphatic heterocycles. The van der Waals surface area contributed by atoms with Gasteiger partial charge in [0, 0.05) is 24.9 Å². The lowest BCUT2D eigenvalue weighted by Crippen LogP contribution is -2.50. The molecule has 1 saturated heterocycles. The second kappa shape index (κ2) is 8.32. The summed E-state index contributed by atoms with van der Waals surface area (Å²) in [7, 11) is 0. The number of hydrogen-bond acceptors (Lipinski definition) is 3. The third kappa shape index (κ3) is 3.81. The van der Waals surface area contributed by atoms with E-state index in [9.17, 15) is 14.4 Å². The number of urea groups is 1. The number of benzene rings is 2. The number of hydrogen-bond donors (Lipinski definition) is 2. The molecule has 2 aromatic rings. The van der Waals surface area contributed by atoms with E-state index in [0.717, 1.165) is 36.0 Å². The number of fused-ring (bicyclic) bond motifs is 2. The van der Waals surface area contributed by atoms with Crippen LogP contribution in [0.2, 0.25) is 0 Å². The van der Waals surface area contributed by atoms with Crippen molar-refractivity contribution < 1.29 is 14.4 Å². The van der Waals surface area contributed by atoms with Crippen LogP contribution in [0.5, 0.6) is 0 Å². The van der Waals surface area contributed by atoms with Crippen LogP contribution in [-0.2, 0) is 34.5 Å². The standard InChI is InChI=1S/C27H31N3O3/c1-3-18-9-12-23-21(13-18)14-22(27(23)25(32)28-26(33)29-27)15-24(31)30(17(2)20-10-11-20)16-19-7-5-4-6-8-19/h4-9,12-13,17,20,22H,3,10-11,14-16H2,1-2H3,(H2,28,29,32,33). The minimum Gasteiger partial charge on any atom is -0.335 e. The van der Waals surface area contributed by atoms with Gasteiger partial charge in [0.05, 0.1) is 0 Å². The molecule has 3 atom stereocenters. The maximum atomic E-state index is 13.8. The molecule has 172 valence electrons. The van der Waals surface area contributed by atoms with Gasteiger partial charge in [0.15, 0.2) is 5.54 Å². The summed E-state index contributed by atoms with van der Waals surface area (Å²) in [6.45, 7) is 4.79. The van der Waals surface area contributed by atoms with Crippen LogP contribution in [0.3, 0.4) is 0 Å². The highest BCUT2D eigenvalue weighted by molar-refractivity contribution is 6.08. The number of carbonyl (C=O) groups excluding carboxylic acids is 3. The fourth-order valence-corrected chi connectivity index (χ4v) is 5.63. The monoisotopic (exact) mass is 445 g/mol. The molecule has 33 heavy (non-hydrogen) atoms. The largest absolute Gasteiger partial charge is 0.335 e. The summed E-state index contributed by atoms with van der Waals surface area (Å²) in [6.07, 6.45) is 4.01. The minimum atomic E-state index is -1.17. The zero-order valence-corrected chi connectivity index (χ0v) is 19.3. The van der Waals surface area contributed by atoms with Crippen molar-refractivity contribution >= 4 is 17.8 Å². The van der Waals surface area contributed by atoms with Crippen LogP contribution in [0.4, 0.5) is 4.79 Å². The quantitative estimate of drug-likeness (QED) is 0.639. The first-order valence-corrected chi connectivity index (χ1v) is 12.0. The highest BCUT2D eigenvalue weighted by Gasteiger charge is 2.58. The molecule has 1 spiro atoms. The van der Waals surface area contributed by atoms with Gasteiger partial charge in [-0.1, -0.05) is 55.5 Å². The van der Waals surface area contributed by atoms with Crippen LogP contribution in [-0.4, -0.2) is 28.8 Å². The summed E-state index contributed by atoms with van der Waals surface area (Å²) >= 11 is 0. The van der Waals surface area contributed by atoms with Gasteiger partial charge in [0.1, 0.15) is 0 Å². The lowest BCUT2D eigenvalue weighted by molar-refractivity contribution is -0.137. The molecule has 0 bridgehead atoms. The number of amides is 4. The van der Waals surface area contributed by atoms with Gasteiger partial charge in [-0.05, 0) is 60.8 Å². The number of nitrogens with zero attached hydrogens (tertiary/aromatic N) is 1. The van der Waals surface area contributed by atoms with Gasteiger partial charge in [-0.25, -0.2) is 4.79 Å². The molecular weight excluding hydrogens is 414 g/mol. The minimum absolute atomic E-state index is 0.0418. The SMILES string of the molecule is CCc1ccc2c(c1)CC(CC(=O)N(Cc1ccccc1)C(C)C1CC1)C21NC(=O)NC1=O. The van der Waals surface area contributed by atoms with E-state index in [1.165, 1.54) is 5.56 Å². The van der Waals surface area contributed by atoms with Crippen molar-refractivity contribution in [1.82, 2.24) is 15.5 Å². The van der Waals surface area contributed by atoms with E-state index in [1.807, 2.05) is 47.4 Å². The first-order valence-electron chi connectivity index (χ1n) is 12.0. The average Bonchev–Trinajstić information content (AvgIpc) is 3.56. The molecule has 0 radical (unpaired) electrons. The molecule has 2 aromatic carbocycles. The van der Waals surface area contributed by atoms with Gasteiger partial charge in [-0.15, -0.1) is 0 Å². The summed E-state index contributed by atoms with van der Waals surface area (Å²) in [4.78, 5) is 41.1. The molecule has 0 aromatic heterocycles. The van der Waals surface area contributed by atoms with E-state index in [2.05, 4.69) is 30.5 Å². The Kier molecular flexibility index (Phi) is 5.47. The Morgan fingerprint density at radius 3 is 2.52 bits per heavy atom. The van der Waals surface area contributed by atoms with Crippen LogP contribution in [0, 0.1) is 11.8 Å². The Morgan fingerprint density at radius 2 is 1.88 bits per heavy atom. The summed E-state index contributed by atoms with van der Waals surface area (Å²) in [5.74, 6) is -0.0875. The zero-order chi connectivity index (χ0) is 23.2. The number of imide groups is 1. The smallest absolute Gasteiger partial charge is 0.322 e. The highest BCUT2D eigenvalue weighted by Crippen LogP contribution is 2.46. The maximum Gasteiger partial charge on any atom is 0.322 e. The van der Waals surface area contributed by atoms with E-state index in [-0.39, 0.29) is 30.2 Å². The Bertz CT molecular complexity index is 1100. The zero-order valence-electron chi connectivity index (χ0n) is 19.3. The van der Waals surface area contributed by atoms with Crippen LogP contribution >= 0.6 is 0 Å². The first kappa shape index (κ1) is 21.7. The fraction of sp³-hybridized carbons (Fsp3) is 0.444. The maximum absolute atomic E-state index is 13.8. The van der Waals surface area contributed by atoms with Crippen LogP contribution in [0.1, 0.15) is 55.4 Å². The second-order valence-corrected chi connectivity index (χ2v) is 9.75. The van der Waals surface area contributed by atoms with Gasteiger partial charge in [0.25, 0.3) is 5.91 Å². The molecule has 6 nitrogen and oxygen atoms in total. The molecule has 3 unspecified atom stereocenters. The predicted octanol–water partition coefficient (Wildman–Crippen LogP) is 3.67. The molecule has 2 fully saturated rings. The Morgan fingerprint density at radius 1 is 1.12 bits per heavy atom. The van der Waals surface area contributed by atoms with E-state index >= 15 is 0 Å². The number of aryl methyl sites for hydroxylation is 1. The molecule has 2 N–H and O–H groups in total. The molecule has 3 aliphatic rings. The molecule has 1 saturated carbocycles. The number of carbonyl (C=O) groups is 3. The first-order chi connectivity index (χ1) is 15.9. The van der Waals surface area contributed by atoms with E-state index in [1.54, 1.807) is 0 Å². The molecule has 6 heteroatoms. The lowest BCUT2D eigenvalue weighted by Gasteiger charge is -2.34. The van der Waals surface area contributed by atoms with E-state index in [0.29, 0.717) is 18.9 Å². The molecule has 5 rings (SSSR count). The lowest BCUT2D eigenvalue weighted by atomic mass is 9.81. The average molecular weight is 446 g/mol. The third-order valence-corrected chi connectivity index (χ3v) is 7.71. The van der Waals surface area contributed by atoms with Gasteiger partial charge in [-0.3, -0.25) is 14.9 Å². The molecule has 4 amide bonds. The summed E-state index contributed by atoms with van der Waals surface area (Å²) < 4.78 is 0. The van der Waals surface area contributed by atoms with Crippen LogP contribution in [0.15, 0.2) is 48.5 Å².